The van der Waals surface area contributed by atoms with Crippen molar-refractivity contribution in [1.82, 2.24) is 5.32 Å². The normalized spacial score (nSPS) is 27.0. The quantitative estimate of drug-likeness (QED) is 0.875. The SMILES string of the molecule is CC1(C(=O)Nc2ccc(C3CC3)cc2)CCCCN1. The van der Waals surface area contributed by atoms with Crippen LogP contribution >= 0.6 is 0 Å². The standard InChI is InChI=1S/C16H22N2O/c1-16(10-2-3-11-17-16)15(19)18-14-8-6-13(7-9-14)12-4-5-12/h6-9,12,17H,2-5,10-11H2,1H3,(H,18,19). The van der Waals surface area contributed by atoms with Gasteiger partial charge in [0.1, 0.15) is 0 Å². The molecule has 0 spiro atoms. The molecule has 0 bridgehead atoms. The van der Waals surface area contributed by atoms with Crippen molar-refractivity contribution < 1.29 is 4.79 Å². The summed E-state index contributed by atoms with van der Waals surface area (Å²) in [6.07, 6.45) is 5.83. The first-order valence-electron chi connectivity index (χ1n) is 7.34. The Morgan fingerprint density at radius 1 is 1.26 bits per heavy atom. The van der Waals surface area contributed by atoms with Crippen LogP contribution in [0.1, 0.15) is 50.5 Å². The van der Waals surface area contributed by atoms with E-state index in [0.29, 0.717) is 0 Å². The van der Waals surface area contributed by atoms with Gasteiger partial charge in [0.25, 0.3) is 0 Å². The van der Waals surface area contributed by atoms with Gasteiger partial charge in [-0.3, -0.25) is 4.79 Å². The van der Waals surface area contributed by atoms with Gasteiger partial charge in [-0.05, 0) is 69.2 Å². The lowest BCUT2D eigenvalue weighted by Crippen LogP contribution is -2.54. The lowest BCUT2D eigenvalue weighted by atomic mass is 9.90. The van der Waals surface area contributed by atoms with E-state index < -0.39 is 5.54 Å². The van der Waals surface area contributed by atoms with Gasteiger partial charge in [0.2, 0.25) is 5.91 Å². The molecule has 1 heterocycles. The average Bonchev–Trinajstić information content (AvgIpc) is 3.25. The number of nitrogens with one attached hydrogen (secondary N) is 2. The monoisotopic (exact) mass is 258 g/mol. The Balaban J connectivity index is 1.64. The summed E-state index contributed by atoms with van der Waals surface area (Å²) in [6, 6.07) is 8.34. The molecule has 2 fully saturated rings. The molecular formula is C16H22N2O. The van der Waals surface area contributed by atoms with Gasteiger partial charge in [0.15, 0.2) is 0 Å². The Morgan fingerprint density at radius 2 is 2.00 bits per heavy atom. The maximum atomic E-state index is 12.3. The molecule has 19 heavy (non-hydrogen) atoms. The van der Waals surface area contributed by atoms with Gasteiger partial charge in [0, 0.05) is 5.69 Å². The van der Waals surface area contributed by atoms with Crippen LogP contribution in [0.5, 0.6) is 0 Å². The third-order valence-electron chi connectivity index (χ3n) is 4.34. The van der Waals surface area contributed by atoms with E-state index in [0.717, 1.165) is 31.0 Å². The molecule has 102 valence electrons. The van der Waals surface area contributed by atoms with Crippen molar-refractivity contribution in [2.45, 2.75) is 50.5 Å². The van der Waals surface area contributed by atoms with Crippen LogP contribution in [0.4, 0.5) is 5.69 Å². The van der Waals surface area contributed by atoms with E-state index in [1.165, 1.54) is 24.8 Å². The molecular weight excluding hydrogens is 236 g/mol. The van der Waals surface area contributed by atoms with Crippen molar-refractivity contribution >= 4 is 11.6 Å². The number of piperidine rings is 1. The zero-order chi connectivity index (χ0) is 13.3. The van der Waals surface area contributed by atoms with Crippen molar-refractivity contribution in [3.63, 3.8) is 0 Å². The number of carbonyl (C=O) groups excluding carboxylic acids is 1. The van der Waals surface area contributed by atoms with Crippen LogP contribution in [-0.2, 0) is 4.79 Å². The van der Waals surface area contributed by atoms with E-state index in [1.807, 2.05) is 19.1 Å². The summed E-state index contributed by atoms with van der Waals surface area (Å²) in [7, 11) is 0. The summed E-state index contributed by atoms with van der Waals surface area (Å²) in [6.45, 7) is 2.94. The summed E-state index contributed by atoms with van der Waals surface area (Å²) in [5, 5.41) is 6.38. The lowest BCUT2D eigenvalue weighted by molar-refractivity contribution is -0.122. The molecule has 1 atom stereocenters. The highest BCUT2D eigenvalue weighted by molar-refractivity contribution is 5.97. The second kappa shape index (κ2) is 4.97. The number of amides is 1. The maximum absolute atomic E-state index is 12.3. The van der Waals surface area contributed by atoms with Gasteiger partial charge >= 0.3 is 0 Å². The molecule has 1 aliphatic carbocycles. The van der Waals surface area contributed by atoms with E-state index in [2.05, 4.69) is 22.8 Å². The molecule has 1 unspecified atom stereocenters. The molecule has 0 radical (unpaired) electrons. The minimum absolute atomic E-state index is 0.0892. The molecule has 0 aromatic heterocycles. The minimum atomic E-state index is -0.409. The second-order valence-corrected chi connectivity index (χ2v) is 6.07. The third kappa shape index (κ3) is 2.81. The summed E-state index contributed by atoms with van der Waals surface area (Å²) < 4.78 is 0. The summed E-state index contributed by atoms with van der Waals surface area (Å²) in [4.78, 5) is 12.3. The first kappa shape index (κ1) is 12.7. The van der Waals surface area contributed by atoms with Crippen LogP contribution in [0, 0.1) is 0 Å². The van der Waals surface area contributed by atoms with Crippen LogP contribution in [0.25, 0.3) is 0 Å². The molecule has 1 aromatic rings. The Labute approximate surface area is 114 Å². The number of carbonyl (C=O) groups is 1. The van der Waals surface area contributed by atoms with Crippen LogP contribution in [0.3, 0.4) is 0 Å². The number of hydrogen-bond acceptors (Lipinski definition) is 2. The maximum Gasteiger partial charge on any atom is 0.244 e. The second-order valence-electron chi connectivity index (χ2n) is 6.07. The van der Waals surface area contributed by atoms with Crippen molar-refractivity contribution in [3.05, 3.63) is 29.8 Å². The number of benzene rings is 1. The van der Waals surface area contributed by atoms with Crippen molar-refractivity contribution in [3.8, 4) is 0 Å². The molecule has 3 rings (SSSR count). The number of hydrogen-bond donors (Lipinski definition) is 2. The fraction of sp³-hybridized carbons (Fsp3) is 0.562. The van der Waals surface area contributed by atoms with Crippen molar-refractivity contribution in [2.24, 2.45) is 0 Å². The average molecular weight is 258 g/mol. The smallest absolute Gasteiger partial charge is 0.244 e. The largest absolute Gasteiger partial charge is 0.324 e. The van der Waals surface area contributed by atoms with Gasteiger partial charge in [-0.2, -0.15) is 0 Å². The van der Waals surface area contributed by atoms with Crippen LogP contribution in [-0.4, -0.2) is 18.0 Å². The molecule has 1 saturated heterocycles. The Kier molecular flexibility index (Phi) is 3.31. The number of anilines is 1. The van der Waals surface area contributed by atoms with Gasteiger partial charge in [-0.15, -0.1) is 0 Å². The highest BCUT2D eigenvalue weighted by atomic mass is 16.2. The predicted molar refractivity (Wildman–Crippen MR) is 77.3 cm³/mol. The molecule has 1 saturated carbocycles. The van der Waals surface area contributed by atoms with Crippen molar-refractivity contribution in [2.75, 3.05) is 11.9 Å². The molecule has 1 amide bonds. The van der Waals surface area contributed by atoms with Crippen LogP contribution in [0.2, 0.25) is 0 Å². The molecule has 2 N–H and O–H groups in total. The predicted octanol–water partition coefficient (Wildman–Crippen LogP) is 3.03. The highest BCUT2D eigenvalue weighted by Crippen LogP contribution is 2.40. The Morgan fingerprint density at radius 3 is 2.58 bits per heavy atom. The van der Waals surface area contributed by atoms with E-state index >= 15 is 0 Å². The first-order valence-corrected chi connectivity index (χ1v) is 7.34. The number of rotatable bonds is 3. The molecule has 1 aliphatic heterocycles. The molecule has 1 aromatic carbocycles. The van der Waals surface area contributed by atoms with E-state index in [9.17, 15) is 4.79 Å². The first-order chi connectivity index (χ1) is 9.17. The molecule has 3 heteroatoms. The zero-order valence-corrected chi connectivity index (χ0v) is 11.5. The Hall–Kier alpha value is -1.35. The Bertz CT molecular complexity index is 456. The molecule has 2 aliphatic rings. The fourth-order valence-electron chi connectivity index (χ4n) is 2.77. The highest BCUT2D eigenvalue weighted by Gasteiger charge is 2.34. The summed E-state index contributed by atoms with van der Waals surface area (Å²) in [5.74, 6) is 0.855. The van der Waals surface area contributed by atoms with Crippen molar-refractivity contribution in [1.29, 1.82) is 0 Å². The molecule has 3 nitrogen and oxygen atoms in total. The van der Waals surface area contributed by atoms with Gasteiger partial charge in [0.05, 0.1) is 5.54 Å². The lowest BCUT2D eigenvalue weighted by Gasteiger charge is -2.33. The van der Waals surface area contributed by atoms with Crippen LogP contribution < -0.4 is 10.6 Å². The zero-order valence-electron chi connectivity index (χ0n) is 11.5. The topological polar surface area (TPSA) is 41.1 Å². The third-order valence-corrected chi connectivity index (χ3v) is 4.34. The van der Waals surface area contributed by atoms with Gasteiger partial charge < -0.3 is 10.6 Å². The summed E-state index contributed by atoms with van der Waals surface area (Å²) in [5.41, 5.74) is 1.90. The van der Waals surface area contributed by atoms with Gasteiger partial charge in [-0.25, -0.2) is 0 Å². The van der Waals surface area contributed by atoms with Gasteiger partial charge in [-0.1, -0.05) is 12.1 Å². The van der Waals surface area contributed by atoms with E-state index in [4.69, 9.17) is 0 Å². The fourth-order valence-corrected chi connectivity index (χ4v) is 2.77. The van der Waals surface area contributed by atoms with Crippen LogP contribution in [0.15, 0.2) is 24.3 Å². The van der Waals surface area contributed by atoms with E-state index in [1.54, 1.807) is 0 Å². The summed E-state index contributed by atoms with van der Waals surface area (Å²) >= 11 is 0. The van der Waals surface area contributed by atoms with E-state index in [-0.39, 0.29) is 5.91 Å². The minimum Gasteiger partial charge on any atom is -0.324 e.